The second-order valence-electron chi connectivity index (χ2n) is 6.10. The number of hydrogen-bond acceptors (Lipinski definition) is 3. The minimum absolute atomic E-state index is 0.0616. The van der Waals surface area contributed by atoms with Crippen molar-refractivity contribution in [3.63, 3.8) is 0 Å². The first-order valence-corrected chi connectivity index (χ1v) is 8.55. The van der Waals surface area contributed by atoms with E-state index in [-0.39, 0.29) is 17.3 Å². The number of thiazole rings is 1. The van der Waals surface area contributed by atoms with Crippen LogP contribution in [0.4, 0.5) is 4.39 Å². The van der Waals surface area contributed by atoms with Crippen LogP contribution in [0.2, 0.25) is 0 Å². The van der Waals surface area contributed by atoms with Gasteiger partial charge >= 0.3 is 0 Å². The molecule has 0 saturated heterocycles. The number of nitrogens with zero attached hydrogens (tertiary/aromatic N) is 1. The Balaban J connectivity index is 2.19. The predicted molar refractivity (Wildman–Crippen MR) is 90.4 cm³/mol. The van der Waals surface area contributed by atoms with Crippen molar-refractivity contribution >= 4 is 27.3 Å². The quantitative estimate of drug-likeness (QED) is 0.832. The predicted octanol–water partition coefficient (Wildman–Crippen LogP) is 4.85. The van der Waals surface area contributed by atoms with Gasteiger partial charge in [0.25, 0.3) is 0 Å². The van der Waals surface area contributed by atoms with E-state index >= 15 is 0 Å². The van der Waals surface area contributed by atoms with Gasteiger partial charge in [-0.1, -0.05) is 26.8 Å². The fourth-order valence-electron chi connectivity index (χ4n) is 2.04. The number of nitrogens with one attached hydrogen (secondary N) is 1. The standard InChI is InChI=1S/C16H20BrFN2S/c1-16(2,3)14-9-21-15(20-14)8-13(19-4)10-5-6-11(17)12(18)7-10/h5-7,9,13,19H,8H2,1-4H3. The molecule has 0 fully saturated rings. The maximum Gasteiger partial charge on any atom is 0.137 e. The van der Waals surface area contributed by atoms with Crippen molar-refractivity contribution in [1.82, 2.24) is 10.3 Å². The molecule has 2 aromatic rings. The van der Waals surface area contributed by atoms with E-state index in [1.807, 2.05) is 13.1 Å². The van der Waals surface area contributed by atoms with Gasteiger partial charge in [-0.2, -0.15) is 0 Å². The summed E-state index contributed by atoms with van der Waals surface area (Å²) >= 11 is 4.85. The van der Waals surface area contributed by atoms with Crippen LogP contribution < -0.4 is 5.32 Å². The summed E-state index contributed by atoms with van der Waals surface area (Å²) in [6, 6.07) is 5.32. The van der Waals surface area contributed by atoms with Gasteiger partial charge in [-0.05, 0) is 40.7 Å². The van der Waals surface area contributed by atoms with Crippen LogP contribution in [0.5, 0.6) is 0 Å². The van der Waals surface area contributed by atoms with Crippen molar-refractivity contribution in [2.75, 3.05) is 7.05 Å². The van der Waals surface area contributed by atoms with Crippen molar-refractivity contribution < 1.29 is 4.39 Å². The minimum Gasteiger partial charge on any atom is -0.313 e. The van der Waals surface area contributed by atoms with E-state index in [4.69, 9.17) is 4.98 Å². The van der Waals surface area contributed by atoms with E-state index in [0.29, 0.717) is 4.47 Å². The smallest absolute Gasteiger partial charge is 0.137 e. The summed E-state index contributed by atoms with van der Waals surface area (Å²) in [6.45, 7) is 6.47. The molecule has 0 spiro atoms. The Hall–Kier alpha value is -0.780. The molecule has 5 heteroatoms. The van der Waals surface area contributed by atoms with Crippen molar-refractivity contribution in [3.05, 3.63) is 50.1 Å². The van der Waals surface area contributed by atoms with E-state index in [0.717, 1.165) is 22.7 Å². The highest BCUT2D eigenvalue weighted by molar-refractivity contribution is 9.10. The summed E-state index contributed by atoms with van der Waals surface area (Å²) in [7, 11) is 1.89. The lowest BCUT2D eigenvalue weighted by molar-refractivity contribution is 0.556. The SMILES string of the molecule is CNC(Cc1nc(C(C)(C)C)cs1)c1ccc(Br)c(F)c1. The average Bonchev–Trinajstić information content (AvgIpc) is 2.88. The number of hydrogen-bond donors (Lipinski definition) is 1. The van der Waals surface area contributed by atoms with Crippen LogP contribution in [0.15, 0.2) is 28.1 Å². The Morgan fingerprint density at radius 3 is 2.62 bits per heavy atom. The molecule has 114 valence electrons. The third kappa shape index (κ3) is 4.11. The van der Waals surface area contributed by atoms with E-state index in [2.05, 4.69) is 47.4 Å². The van der Waals surface area contributed by atoms with Crippen LogP contribution in [-0.4, -0.2) is 12.0 Å². The lowest BCUT2D eigenvalue weighted by Gasteiger charge is -2.16. The van der Waals surface area contributed by atoms with Crippen molar-refractivity contribution in [2.45, 2.75) is 38.6 Å². The highest BCUT2D eigenvalue weighted by Crippen LogP contribution is 2.27. The number of halogens is 2. The third-order valence-electron chi connectivity index (χ3n) is 3.39. The molecule has 2 nitrogen and oxygen atoms in total. The Bertz CT molecular complexity index is 619. The number of benzene rings is 1. The monoisotopic (exact) mass is 370 g/mol. The summed E-state index contributed by atoms with van der Waals surface area (Å²) in [6.07, 6.45) is 0.762. The first-order chi connectivity index (χ1) is 9.81. The summed E-state index contributed by atoms with van der Waals surface area (Å²) in [5.41, 5.74) is 2.11. The molecule has 0 saturated carbocycles. The molecule has 0 aliphatic heterocycles. The normalized spacial score (nSPS) is 13.4. The fourth-order valence-corrected chi connectivity index (χ4v) is 3.35. The summed E-state index contributed by atoms with van der Waals surface area (Å²) in [4.78, 5) is 4.71. The van der Waals surface area contributed by atoms with Gasteiger partial charge in [0.1, 0.15) is 5.82 Å². The zero-order valence-corrected chi connectivity index (χ0v) is 15.1. The molecule has 21 heavy (non-hydrogen) atoms. The second kappa shape index (κ2) is 6.55. The van der Waals surface area contributed by atoms with Crippen LogP contribution in [0, 0.1) is 5.82 Å². The first kappa shape index (κ1) is 16.6. The Kier molecular flexibility index (Phi) is 5.17. The van der Waals surface area contributed by atoms with Gasteiger partial charge < -0.3 is 5.32 Å². The molecule has 1 aromatic carbocycles. The molecule has 0 radical (unpaired) electrons. The lowest BCUT2D eigenvalue weighted by Crippen LogP contribution is -2.19. The van der Waals surface area contributed by atoms with Crippen LogP contribution in [0.3, 0.4) is 0 Å². The second-order valence-corrected chi connectivity index (χ2v) is 7.89. The van der Waals surface area contributed by atoms with Gasteiger partial charge in [-0.15, -0.1) is 11.3 Å². The zero-order valence-electron chi connectivity index (χ0n) is 12.7. The summed E-state index contributed by atoms with van der Waals surface area (Å²) in [5.74, 6) is -0.234. The summed E-state index contributed by atoms with van der Waals surface area (Å²) in [5, 5.41) is 6.43. The van der Waals surface area contributed by atoms with E-state index in [1.165, 1.54) is 0 Å². The van der Waals surface area contributed by atoms with Gasteiger partial charge in [0.15, 0.2) is 0 Å². The largest absolute Gasteiger partial charge is 0.313 e. The maximum atomic E-state index is 13.7. The zero-order chi connectivity index (χ0) is 15.6. The number of rotatable bonds is 4. The summed E-state index contributed by atoms with van der Waals surface area (Å²) < 4.78 is 14.2. The van der Waals surface area contributed by atoms with E-state index in [1.54, 1.807) is 23.5 Å². The lowest BCUT2D eigenvalue weighted by atomic mass is 9.93. The molecule has 0 aliphatic rings. The van der Waals surface area contributed by atoms with Crippen LogP contribution in [0.25, 0.3) is 0 Å². The molecule has 2 rings (SSSR count). The Morgan fingerprint density at radius 1 is 1.38 bits per heavy atom. The topological polar surface area (TPSA) is 24.9 Å². The Labute approximate surface area is 137 Å². The number of aromatic nitrogens is 1. The van der Waals surface area contributed by atoms with Crippen molar-refractivity contribution in [2.24, 2.45) is 0 Å². The number of likely N-dealkylation sites (N-methyl/N-ethyl adjacent to an activating group) is 1. The molecule has 0 aliphatic carbocycles. The molecule has 1 heterocycles. The molecule has 1 atom stereocenters. The maximum absolute atomic E-state index is 13.7. The highest BCUT2D eigenvalue weighted by atomic mass is 79.9. The minimum atomic E-state index is -0.234. The molecule has 0 bridgehead atoms. The van der Waals surface area contributed by atoms with Gasteiger partial charge in [0, 0.05) is 23.3 Å². The molecular formula is C16H20BrFN2S. The molecule has 1 N–H and O–H groups in total. The molecule has 1 aromatic heterocycles. The van der Waals surface area contributed by atoms with E-state index in [9.17, 15) is 4.39 Å². The highest BCUT2D eigenvalue weighted by Gasteiger charge is 2.19. The van der Waals surface area contributed by atoms with Crippen LogP contribution in [0.1, 0.15) is 43.1 Å². The third-order valence-corrected chi connectivity index (χ3v) is 4.91. The van der Waals surface area contributed by atoms with Crippen LogP contribution in [-0.2, 0) is 11.8 Å². The average molecular weight is 371 g/mol. The van der Waals surface area contributed by atoms with Gasteiger partial charge in [-0.3, -0.25) is 0 Å². The Morgan fingerprint density at radius 2 is 2.10 bits per heavy atom. The van der Waals surface area contributed by atoms with Gasteiger partial charge in [-0.25, -0.2) is 9.37 Å². The van der Waals surface area contributed by atoms with Crippen molar-refractivity contribution in [1.29, 1.82) is 0 Å². The van der Waals surface area contributed by atoms with E-state index < -0.39 is 0 Å². The van der Waals surface area contributed by atoms with Crippen molar-refractivity contribution in [3.8, 4) is 0 Å². The fraction of sp³-hybridized carbons (Fsp3) is 0.438. The molecular weight excluding hydrogens is 351 g/mol. The van der Waals surface area contributed by atoms with Gasteiger partial charge in [0.2, 0.25) is 0 Å². The molecule has 0 amide bonds. The van der Waals surface area contributed by atoms with Gasteiger partial charge in [0.05, 0.1) is 15.2 Å². The van der Waals surface area contributed by atoms with Crippen LogP contribution >= 0.6 is 27.3 Å². The molecule has 1 unspecified atom stereocenters. The first-order valence-electron chi connectivity index (χ1n) is 6.88.